The first-order valence-electron chi connectivity index (χ1n) is 7.22. The summed E-state index contributed by atoms with van der Waals surface area (Å²) in [4.78, 5) is 16.3. The van der Waals surface area contributed by atoms with Gasteiger partial charge < -0.3 is 14.6 Å². The van der Waals surface area contributed by atoms with Crippen LogP contribution in [0, 0.1) is 0 Å². The molecule has 0 bridgehead atoms. The molecule has 5 nitrogen and oxygen atoms in total. The van der Waals surface area contributed by atoms with Crippen molar-refractivity contribution in [2.45, 2.75) is 18.9 Å². The first kappa shape index (κ1) is 16.5. The zero-order chi connectivity index (χ0) is 14.7. The quantitative estimate of drug-likeness (QED) is 0.883. The summed E-state index contributed by atoms with van der Waals surface area (Å²) in [5.41, 5.74) is 2.21. The monoisotopic (exact) mass is 321 g/mol. The third-order valence-electron chi connectivity index (χ3n) is 3.88. The minimum Gasteiger partial charge on any atom is -0.464 e. The van der Waals surface area contributed by atoms with Crippen molar-refractivity contribution in [3.63, 3.8) is 0 Å². The summed E-state index contributed by atoms with van der Waals surface area (Å²) in [5.74, 6) is -0.392. The van der Waals surface area contributed by atoms with Gasteiger partial charge in [-0.15, -0.1) is 12.4 Å². The molecule has 0 spiro atoms. The second kappa shape index (κ2) is 7.42. The fourth-order valence-electron chi connectivity index (χ4n) is 2.84. The summed E-state index contributed by atoms with van der Waals surface area (Å²) >= 11 is 0. The smallest absolute Gasteiger partial charge is 0.358 e. The van der Waals surface area contributed by atoms with Crippen LogP contribution in [0.1, 0.15) is 29.4 Å². The Morgan fingerprint density at radius 1 is 1.36 bits per heavy atom. The molecule has 2 heterocycles. The molecule has 1 N–H and O–H groups in total. The van der Waals surface area contributed by atoms with Crippen LogP contribution in [0.25, 0.3) is 11.3 Å². The van der Waals surface area contributed by atoms with E-state index in [4.69, 9.17) is 4.74 Å². The summed E-state index contributed by atoms with van der Waals surface area (Å²) in [7, 11) is 1.39. The molecule has 0 amide bonds. The normalized spacial score (nSPS) is 17.6. The fourth-order valence-corrected chi connectivity index (χ4v) is 2.84. The second-order valence-corrected chi connectivity index (χ2v) is 5.21. The average molecular weight is 322 g/mol. The number of rotatable bonds is 3. The Morgan fingerprint density at radius 2 is 2.14 bits per heavy atom. The predicted octanol–water partition coefficient (Wildman–Crippen LogP) is 2.68. The van der Waals surface area contributed by atoms with E-state index in [1.807, 2.05) is 30.3 Å². The summed E-state index contributed by atoms with van der Waals surface area (Å²) in [6.07, 6.45) is 3.97. The molecule has 0 radical (unpaired) electrons. The number of hydrogen-bond donors (Lipinski definition) is 1. The van der Waals surface area contributed by atoms with Crippen molar-refractivity contribution in [2.75, 3.05) is 20.2 Å². The van der Waals surface area contributed by atoms with E-state index in [-0.39, 0.29) is 12.4 Å². The van der Waals surface area contributed by atoms with Crippen LogP contribution in [0.3, 0.4) is 0 Å². The molecule has 3 rings (SSSR count). The molecule has 118 valence electrons. The molecule has 0 aliphatic carbocycles. The highest BCUT2D eigenvalue weighted by Gasteiger charge is 2.24. The Bertz CT molecular complexity index is 622. The van der Waals surface area contributed by atoms with Gasteiger partial charge in [0.05, 0.1) is 19.1 Å². The molecule has 0 saturated carbocycles. The Balaban J connectivity index is 0.00000176. The summed E-state index contributed by atoms with van der Waals surface area (Å²) in [6.45, 7) is 1.95. The molecule has 1 aromatic heterocycles. The van der Waals surface area contributed by atoms with Crippen molar-refractivity contribution >= 4 is 18.4 Å². The predicted molar refractivity (Wildman–Crippen MR) is 87.4 cm³/mol. The molecular weight excluding hydrogens is 302 g/mol. The Hall–Kier alpha value is -1.85. The van der Waals surface area contributed by atoms with E-state index in [1.165, 1.54) is 7.11 Å². The van der Waals surface area contributed by atoms with Gasteiger partial charge in [-0.05, 0) is 19.4 Å². The summed E-state index contributed by atoms with van der Waals surface area (Å²) < 4.78 is 6.97. The van der Waals surface area contributed by atoms with E-state index in [2.05, 4.69) is 14.9 Å². The number of carbonyl (C=O) groups excluding carboxylic acids is 1. The number of ether oxygens (including phenoxy) is 1. The molecule has 1 atom stereocenters. The van der Waals surface area contributed by atoms with E-state index >= 15 is 0 Å². The molecular formula is C16H20ClN3O2. The zero-order valence-electron chi connectivity index (χ0n) is 12.5. The van der Waals surface area contributed by atoms with Gasteiger partial charge in [0.15, 0.2) is 5.69 Å². The maximum Gasteiger partial charge on any atom is 0.358 e. The molecule has 1 saturated heterocycles. The number of hydrogen-bond acceptors (Lipinski definition) is 4. The molecule has 1 unspecified atom stereocenters. The molecule has 1 aliphatic rings. The summed E-state index contributed by atoms with van der Waals surface area (Å²) in [6, 6.07) is 10.2. The third-order valence-corrected chi connectivity index (χ3v) is 3.88. The molecule has 2 aromatic rings. The lowest BCUT2D eigenvalue weighted by Crippen LogP contribution is -2.31. The number of benzene rings is 1. The average Bonchev–Trinajstić information content (AvgIpc) is 3.00. The number of methoxy groups -OCH3 is 1. The minimum atomic E-state index is -0.392. The molecule has 22 heavy (non-hydrogen) atoms. The molecule has 1 aromatic carbocycles. The largest absolute Gasteiger partial charge is 0.464 e. The number of nitrogens with one attached hydrogen (secondary N) is 1. The van der Waals surface area contributed by atoms with Crippen molar-refractivity contribution in [2.24, 2.45) is 0 Å². The van der Waals surface area contributed by atoms with Crippen molar-refractivity contribution in [3.05, 3.63) is 42.4 Å². The van der Waals surface area contributed by atoms with Gasteiger partial charge in [-0.25, -0.2) is 9.78 Å². The lowest BCUT2D eigenvalue weighted by molar-refractivity contribution is 0.0595. The highest BCUT2D eigenvalue weighted by molar-refractivity contribution is 5.94. The number of nitrogens with zero attached hydrogens (tertiary/aromatic N) is 2. The standard InChI is InChI=1S/C16H19N3O2.ClH/c1-21-16(20)14-15(12-6-3-2-4-7-12)19(11-18-14)13-8-5-9-17-10-13;/h2-4,6-7,11,13,17H,5,8-10H2,1H3;1H. The van der Waals surface area contributed by atoms with Crippen LogP contribution in [-0.2, 0) is 4.74 Å². The van der Waals surface area contributed by atoms with Crippen LogP contribution in [-0.4, -0.2) is 35.7 Å². The van der Waals surface area contributed by atoms with E-state index in [0.717, 1.165) is 37.2 Å². The Morgan fingerprint density at radius 3 is 2.77 bits per heavy atom. The lowest BCUT2D eigenvalue weighted by Gasteiger charge is -2.26. The number of esters is 1. The molecule has 1 aliphatic heterocycles. The number of piperidine rings is 1. The third kappa shape index (κ3) is 3.15. The molecule has 1 fully saturated rings. The fraction of sp³-hybridized carbons (Fsp3) is 0.375. The number of halogens is 1. The van der Waals surface area contributed by atoms with Crippen LogP contribution in [0.4, 0.5) is 0 Å². The number of aromatic nitrogens is 2. The lowest BCUT2D eigenvalue weighted by atomic mass is 10.0. The first-order valence-corrected chi connectivity index (χ1v) is 7.22. The number of imidazole rings is 1. The van der Waals surface area contributed by atoms with E-state index in [0.29, 0.717) is 11.7 Å². The van der Waals surface area contributed by atoms with Crippen molar-refractivity contribution < 1.29 is 9.53 Å². The van der Waals surface area contributed by atoms with Gasteiger partial charge in [0.25, 0.3) is 0 Å². The topological polar surface area (TPSA) is 56.1 Å². The van der Waals surface area contributed by atoms with Crippen LogP contribution in [0.2, 0.25) is 0 Å². The SMILES string of the molecule is COC(=O)c1ncn(C2CCCNC2)c1-c1ccccc1.Cl. The van der Waals surface area contributed by atoms with Gasteiger partial charge in [-0.1, -0.05) is 30.3 Å². The van der Waals surface area contributed by atoms with E-state index in [9.17, 15) is 4.79 Å². The van der Waals surface area contributed by atoms with E-state index < -0.39 is 5.97 Å². The summed E-state index contributed by atoms with van der Waals surface area (Å²) in [5, 5.41) is 3.40. The van der Waals surface area contributed by atoms with Gasteiger partial charge in [-0.3, -0.25) is 0 Å². The highest BCUT2D eigenvalue weighted by Crippen LogP contribution is 2.29. The second-order valence-electron chi connectivity index (χ2n) is 5.21. The first-order chi connectivity index (χ1) is 10.3. The van der Waals surface area contributed by atoms with Crippen molar-refractivity contribution in [1.82, 2.24) is 14.9 Å². The van der Waals surface area contributed by atoms with E-state index in [1.54, 1.807) is 6.33 Å². The maximum absolute atomic E-state index is 12.0. The zero-order valence-corrected chi connectivity index (χ0v) is 13.3. The van der Waals surface area contributed by atoms with Crippen LogP contribution in [0.5, 0.6) is 0 Å². The van der Waals surface area contributed by atoms with Gasteiger partial charge >= 0.3 is 5.97 Å². The van der Waals surface area contributed by atoms with Crippen molar-refractivity contribution in [3.8, 4) is 11.3 Å². The van der Waals surface area contributed by atoms with Gasteiger partial charge in [-0.2, -0.15) is 0 Å². The Labute approximate surface area is 136 Å². The van der Waals surface area contributed by atoms with Crippen molar-refractivity contribution in [1.29, 1.82) is 0 Å². The highest BCUT2D eigenvalue weighted by atomic mass is 35.5. The van der Waals surface area contributed by atoms with Crippen LogP contribution >= 0.6 is 12.4 Å². The van der Waals surface area contributed by atoms with Crippen LogP contribution < -0.4 is 5.32 Å². The minimum absolute atomic E-state index is 0. The molecule has 6 heteroatoms. The maximum atomic E-state index is 12.0. The Kier molecular flexibility index (Phi) is 5.57. The number of carbonyl (C=O) groups is 1. The van der Waals surface area contributed by atoms with Gasteiger partial charge in [0.2, 0.25) is 0 Å². The van der Waals surface area contributed by atoms with Gasteiger partial charge in [0.1, 0.15) is 0 Å². The van der Waals surface area contributed by atoms with Crippen LogP contribution in [0.15, 0.2) is 36.7 Å². The van der Waals surface area contributed by atoms with Gasteiger partial charge in [0, 0.05) is 18.2 Å².